The fraction of sp³-hybridized carbons (Fsp3) is 0.464. The number of alkyl halides is 3. The molecular formula is C28H33F3O2. The lowest BCUT2D eigenvalue weighted by atomic mass is 9.63. The summed E-state index contributed by atoms with van der Waals surface area (Å²) in [6, 6.07) is 11.8. The molecule has 0 radical (unpaired) electrons. The first kappa shape index (κ1) is 25.1. The molecule has 0 fully saturated rings. The molecule has 0 aliphatic heterocycles. The van der Waals surface area contributed by atoms with Crippen LogP contribution in [0.2, 0.25) is 0 Å². The van der Waals surface area contributed by atoms with Crippen LogP contribution in [0.1, 0.15) is 81.7 Å². The van der Waals surface area contributed by atoms with Gasteiger partial charge in [-0.05, 0) is 76.5 Å². The summed E-state index contributed by atoms with van der Waals surface area (Å²) in [6.07, 6.45) is 1.14. The second-order valence-electron chi connectivity index (χ2n) is 10.3. The van der Waals surface area contributed by atoms with Crippen LogP contribution >= 0.6 is 0 Å². The Hall–Kier alpha value is -2.56. The highest BCUT2D eigenvalue weighted by Crippen LogP contribution is 2.46. The van der Waals surface area contributed by atoms with Gasteiger partial charge in [-0.15, -0.1) is 0 Å². The maximum Gasteiger partial charge on any atom is 0.416 e. The maximum atomic E-state index is 13.2. The summed E-state index contributed by atoms with van der Waals surface area (Å²) in [5.41, 5.74) is 4.55. The summed E-state index contributed by atoms with van der Waals surface area (Å²) in [5.74, 6) is -0.465. The van der Waals surface area contributed by atoms with Crippen molar-refractivity contribution in [3.63, 3.8) is 0 Å². The van der Waals surface area contributed by atoms with Crippen molar-refractivity contribution in [2.75, 3.05) is 6.61 Å². The number of rotatable bonds is 6. The van der Waals surface area contributed by atoms with Gasteiger partial charge >= 0.3 is 12.1 Å². The first-order valence-electron chi connectivity index (χ1n) is 11.4. The minimum atomic E-state index is -4.42. The zero-order chi connectivity index (χ0) is 24.4. The van der Waals surface area contributed by atoms with Crippen molar-refractivity contribution in [3.05, 3.63) is 76.4 Å². The van der Waals surface area contributed by atoms with E-state index in [0.29, 0.717) is 17.6 Å². The molecule has 178 valence electrons. The summed E-state index contributed by atoms with van der Waals surface area (Å²) < 4.78 is 44.6. The van der Waals surface area contributed by atoms with Gasteiger partial charge in [-0.3, -0.25) is 4.79 Å². The van der Waals surface area contributed by atoms with Gasteiger partial charge in [0.2, 0.25) is 0 Å². The molecule has 0 heterocycles. The Morgan fingerprint density at radius 3 is 2.30 bits per heavy atom. The van der Waals surface area contributed by atoms with Crippen LogP contribution in [-0.4, -0.2) is 12.6 Å². The Morgan fingerprint density at radius 1 is 1.00 bits per heavy atom. The van der Waals surface area contributed by atoms with E-state index in [9.17, 15) is 18.0 Å². The fourth-order valence-corrected chi connectivity index (χ4v) is 4.54. The van der Waals surface area contributed by atoms with E-state index in [1.165, 1.54) is 29.7 Å². The van der Waals surface area contributed by atoms with Crippen LogP contribution in [-0.2, 0) is 33.0 Å². The summed E-state index contributed by atoms with van der Waals surface area (Å²) in [5, 5.41) is 0. The van der Waals surface area contributed by atoms with Crippen LogP contribution in [0.15, 0.2) is 48.5 Å². The maximum absolute atomic E-state index is 13.2. The van der Waals surface area contributed by atoms with Crippen LogP contribution in [0.25, 0.3) is 5.57 Å². The van der Waals surface area contributed by atoms with Gasteiger partial charge in [-0.1, -0.05) is 64.1 Å². The molecule has 0 N–H and O–H groups in total. The van der Waals surface area contributed by atoms with Crippen molar-refractivity contribution in [1.29, 1.82) is 0 Å². The second kappa shape index (κ2) is 9.36. The number of halogens is 3. The molecule has 0 saturated carbocycles. The molecule has 2 nitrogen and oxygen atoms in total. The van der Waals surface area contributed by atoms with E-state index in [1.54, 1.807) is 6.07 Å². The molecule has 3 rings (SSSR count). The third-order valence-electron chi connectivity index (χ3n) is 6.73. The molecular weight excluding hydrogens is 425 g/mol. The predicted octanol–water partition coefficient (Wildman–Crippen LogP) is 7.63. The van der Waals surface area contributed by atoms with E-state index in [1.807, 2.05) is 6.08 Å². The normalized spacial score (nSPS) is 17.4. The van der Waals surface area contributed by atoms with Gasteiger partial charge in [0, 0.05) is 6.92 Å². The van der Waals surface area contributed by atoms with Gasteiger partial charge in [0.05, 0.1) is 5.56 Å². The number of allylic oxidation sites excluding steroid dienone is 1. The fourth-order valence-electron chi connectivity index (χ4n) is 4.54. The summed E-state index contributed by atoms with van der Waals surface area (Å²) in [4.78, 5) is 11.3. The highest BCUT2D eigenvalue weighted by Gasteiger charge is 2.36. The average Bonchev–Trinajstić information content (AvgIpc) is 2.73. The summed E-state index contributed by atoms with van der Waals surface area (Å²) in [6.45, 7) is 10.4. The molecule has 33 heavy (non-hydrogen) atoms. The lowest BCUT2D eigenvalue weighted by Gasteiger charge is -2.42. The molecule has 0 bridgehead atoms. The Morgan fingerprint density at radius 2 is 1.67 bits per heavy atom. The number of carbonyl (C=O) groups excluding carboxylic acids is 1. The SMILES string of the molecule is CC(=O)OCC(=CCCc1ccc2c(c1)C(C)(C)CCC2(C)C)c1cccc(C(F)(F)F)c1. The van der Waals surface area contributed by atoms with Crippen molar-refractivity contribution in [2.24, 2.45) is 0 Å². The second-order valence-corrected chi connectivity index (χ2v) is 10.3. The zero-order valence-corrected chi connectivity index (χ0v) is 20.1. The first-order chi connectivity index (χ1) is 15.3. The minimum absolute atomic E-state index is 0.0535. The smallest absolute Gasteiger partial charge is 0.416 e. The van der Waals surface area contributed by atoms with E-state index in [4.69, 9.17) is 4.74 Å². The van der Waals surface area contributed by atoms with Crippen molar-refractivity contribution in [3.8, 4) is 0 Å². The van der Waals surface area contributed by atoms with Crippen LogP contribution in [0.5, 0.6) is 0 Å². The molecule has 1 aliphatic rings. The molecule has 0 spiro atoms. The molecule has 5 heteroatoms. The summed E-state index contributed by atoms with van der Waals surface area (Å²) >= 11 is 0. The number of benzene rings is 2. The van der Waals surface area contributed by atoms with Crippen molar-refractivity contribution in [1.82, 2.24) is 0 Å². The van der Waals surface area contributed by atoms with E-state index in [0.717, 1.165) is 31.4 Å². The number of esters is 1. The number of aryl methyl sites for hydroxylation is 1. The van der Waals surface area contributed by atoms with Crippen LogP contribution in [0.3, 0.4) is 0 Å². The Kier molecular flexibility index (Phi) is 7.11. The molecule has 0 amide bonds. The van der Waals surface area contributed by atoms with E-state index in [-0.39, 0.29) is 17.4 Å². The Balaban J connectivity index is 1.84. The van der Waals surface area contributed by atoms with Crippen molar-refractivity contribution < 1.29 is 22.7 Å². The van der Waals surface area contributed by atoms with Crippen molar-refractivity contribution in [2.45, 2.75) is 77.3 Å². The van der Waals surface area contributed by atoms with Gasteiger partial charge in [0.15, 0.2) is 0 Å². The van der Waals surface area contributed by atoms with Gasteiger partial charge in [0.25, 0.3) is 0 Å². The highest BCUT2D eigenvalue weighted by molar-refractivity contribution is 5.71. The number of carbonyl (C=O) groups is 1. The van der Waals surface area contributed by atoms with Gasteiger partial charge < -0.3 is 4.74 Å². The number of hydrogen-bond donors (Lipinski definition) is 0. The summed E-state index contributed by atoms with van der Waals surface area (Å²) in [7, 11) is 0. The van der Waals surface area contributed by atoms with Crippen LogP contribution in [0, 0.1) is 0 Å². The number of ether oxygens (including phenoxy) is 1. The third-order valence-corrected chi connectivity index (χ3v) is 6.73. The number of hydrogen-bond acceptors (Lipinski definition) is 2. The van der Waals surface area contributed by atoms with Crippen LogP contribution in [0.4, 0.5) is 13.2 Å². The molecule has 0 unspecified atom stereocenters. The molecule has 2 aromatic carbocycles. The van der Waals surface area contributed by atoms with Gasteiger partial charge in [-0.25, -0.2) is 0 Å². The predicted molar refractivity (Wildman–Crippen MR) is 126 cm³/mol. The van der Waals surface area contributed by atoms with E-state index < -0.39 is 17.7 Å². The molecule has 2 aromatic rings. The largest absolute Gasteiger partial charge is 0.461 e. The van der Waals surface area contributed by atoms with Gasteiger partial charge in [-0.2, -0.15) is 13.2 Å². The highest BCUT2D eigenvalue weighted by atomic mass is 19.4. The minimum Gasteiger partial charge on any atom is -0.461 e. The van der Waals surface area contributed by atoms with Gasteiger partial charge in [0.1, 0.15) is 6.61 Å². The lowest BCUT2D eigenvalue weighted by Crippen LogP contribution is -2.33. The monoisotopic (exact) mass is 458 g/mol. The molecule has 0 atom stereocenters. The topological polar surface area (TPSA) is 26.3 Å². The average molecular weight is 459 g/mol. The van der Waals surface area contributed by atoms with Crippen molar-refractivity contribution >= 4 is 11.5 Å². The first-order valence-corrected chi connectivity index (χ1v) is 11.4. The molecule has 0 saturated heterocycles. The lowest BCUT2D eigenvalue weighted by molar-refractivity contribution is -0.140. The van der Waals surface area contributed by atoms with E-state index in [2.05, 4.69) is 45.9 Å². The molecule has 0 aromatic heterocycles. The Bertz CT molecular complexity index is 1050. The third kappa shape index (κ3) is 6.07. The van der Waals surface area contributed by atoms with E-state index >= 15 is 0 Å². The Labute approximate surface area is 194 Å². The molecule has 1 aliphatic carbocycles. The number of fused-ring (bicyclic) bond motifs is 1. The van der Waals surface area contributed by atoms with Crippen LogP contribution < -0.4 is 0 Å². The quantitative estimate of drug-likeness (QED) is 0.416. The zero-order valence-electron chi connectivity index (χ0n) is 20.1. The standard InChI is InChI=1S/C28H33F3O2/c1-19(32)33-18-22(21-9-7-11-23(17-21)28(29,30)31)10-6-8-20-12-13-24-25(16-20)27(4,5)15-14-26(24,2)3/h7,9-13,16-17H,6,8,14-15,18H2,1-5H3.